The van der Waals surface area contributed by atoms with Crippen molar-refractivity contribution in [3.63, 3.8) is 0 Å². The van der Waals surface area contributed by atoms with Gasteiger partial charge in [0.15, 0.2) is 0 Å². The minimum atomic E-state index is -3.33. The average Bonchev–Trinajstić information content (AvgIpc) is 3.58. The van der Waals surface area contributed by atoms with Crippen LogP contribution in [0, 0.1) is 11.6 Å². The highest BCUT2D eigenvalue weighted by molar-refractivity contribution is 7.88. The summed E-state index contributed by atoms with van der Waals surface area (Å²) < 4.78 is 51.5. The molecular weight excluding hydrogens is 526 g/mol. The van der Waals surface area contributed by atoms with Crippen molar-refractivity contribution in [2.75, 3.05) is 39.0 Å². The van der Waals surface area contributed by atoms with E-state index in [1.165, 1.54) is 40.7 Å². The predicted octanol–water partition coefficient (Wildman–Crippen LogP) is 2.87. The summed E-state index contributed by atoms with van der Waals surface area (Å²) in [5, 5.41) is 6.39. The molecule has 1 aliphatic heterocycles. The van der Waals surface area contributed by atoms with Gasteiger partial charge in [-0.1, -0.05) is 12.1 Å². The van der Waals surface area contributed by atoms with Crippen LogP contribution in [0.4, 0.5) is 8.78 Å². The maximum Gasteiger partial charge on any atom is 0.251 e. The molecule has 1 aliphatic carbocycles. The van der Waals surface area contributed by atoms with E-state index in [2.05, 4.69) is 17.6 Å². The fourth-order valence-corrected chi connectivity index (χ4v) is 5.98. The van der Waals surface area contributed by atoms with Gasteiger partial charge in [0.2, 0.25) is 15.9 Å². The highest BCUT2D eigenvalue weighted by Crippen LogP contribution is 2.51. The van der Waals surface area contributed by atoms with Crippen molar-refractivity contribution in [1.82, 2.24) is 19.8 Å². The molecule has 8 nitrogen and oxygen atoms in total. The van der Waals surface area contributed by atoms with E-state index >= 15 is 0 Å². The Balaban J connectivity index is 1.31. The largest absolute Gasteiger partial charge is 0.340 e. The van der Waals surface area contributed by atoms with Gasteiger partial charge in [-0.05, 0) is 81.1 Å². The highest BCUT2D eigenvalue weighted by atomic mass is 32.2. The molecule has 4 rings (SSSR count). The van der Waals surface area contributed by atoms with Crippen molar-refractivity contribution in [3.05, 3.63) is 71.3 Å². The van der Waals surface area contributed by atoms with Crippen LogP contribution >= 0.6 is 0 Å². The van der Waals surface area contributed by atoms with Gasteiger partial charge in [-0.15, -0.1) is 0 Å². The highest BCUT2D eigenvalue weighted by Gasteiger charge is 2.50. The standard InChI is InChI=1S/C28H36F2N4O4S/c1-28(19-24(28)20-6-10-22(29)11-7-20)31-14-4-3-5-25(32-26(35)21-8-12-23(30)13-9-21)27(36)33-15-17-34(18-16-33)39(2,37)38/h6-13,24-25,31H,3-5,14-19H2,1-2H3,(H,32,35). The lowest BCUT2D eigenvalue weighted by molar-refractivity contribution is -0.134. The minimum Gasteiger partial charge on any atom is -0.340 e. The lowest BCUT2D eigenvalue weighted by Gasteiger charge is -2.35. The maximum atomic E-state index is 13.4. The number of sulfonamides is 1. The zero-order valence-corrected chi connectivity index (χ0v) is 23.1. The topological polar surface area (TPSA) is 98.8 Å². The normalized spacial score (nSPS) is 22.4. The van der Waals surface area contributed by atoms with E-state index in [-0.39, 0.29) is 49.0 Å². The van der Waals surface area contributed by atoms with E-state index in [1.54, 1.807) is 4.90 Å². The van der Waals surface area contributed by atoms with Gasteiger partial charge in [0.25, 0.3) is 5.91 Å². The number of rotatable bonds is 11. The molecular formula is C28H36F2N4O4S. The number of amides is 2. The summed E-state index contributed by atoms with van der Waals surface area (Å²) in [6.45, 7) is 3.79. The Labute approximate surface area is 228 Å². The zero-order valence-electron chi connectivity index (χ0n) is 22.3. The Morgan fingerprint density at radius 1 is 0.974 bits per heavy atom. The molecule has 3 atom stereocenters. The monoisotopic (exact) mass is 562 g/mol. The number of unbranched alkanes of at least 4 members (excludes halogenated alkanes) is 1. The average molecular weight is 563 g/mol. The second-order valence-electron chi connectivity index (χ2n) is 10.7. The summed E-state index contributed by atoms with van der Waals surface area (Å²) in [5.41, 5.74) is 1.31. The van der Waals surface area contributed by atoms with Crippen LogP contribution in [-0.2, 0) is 14.8 Å². The molecule has 1 saturated carbocycles. The molecule has 11 heteroatoms. The SMILES string of the molecule is CC1(NCCCCC(NC(=O)c2ccc(F)cc2)C(=O)N2CCN(S(C)(=O)=O)CC2)CC1c1ccc(F)cc1. The number of hydrogen-bond donors (Lipinski definition) is 2. The van der Waals surface area contributed by atoms with Crippen LogP contribution in [0.1, 0.15) is 54.4 Å². The Morgan fingerprint density at radius 3 is 2.15 bits per heavy atom. The first-order valence-corrected chi connectivity index (χ1v) is 15.1. The summed E-state index contributed by atoms with van der Waals surface area (Å²) in [5.74, 6) is -1.09. The van der Waals surface area contributed by atoms with Crippen LogP contribution in [0.15, 0.2) is 48.5 Å². The predicted molar refractivity (Wildman–Crippen MR) is 145 cm³/mol. The zero-order chi connectivity index (χ0) is 28.2. The number of carbonyl (C=O) groups excluding carboxylic acids is 2. The van der Waals surface area contributed by atoms with E-state index in [4.69, 9.17) is 0 Å². The van der Waals surface area contributed by atoms with Crippen molar-refractivity contribution in [2.45, 2.75) is 50.1 Å². The number of nitrogens with one attached hydrogen (secondary N) is 2. The molecule has 212 valence electrons. The molecule has 0 radical (unpaired) electrons. The summed E-state index contributed by atoms with van der Waals surface area (Å²) in [6.07, 6.45) is 3.98. The van der Waals surface area contributed by atoms with Crippen LogP contribution in [0.25, 0.3) is 0 Å². The number of hydrogen-bond acceptors (Lipinski definition) is 5. The third-order valence-electron chi connectivity index (χ3n) is 7.69. The first kappa shape index (κ1) is 29.1. The van der Waals surface area contributed by atoms with Gasteiger partial charge in [-0.3, -0.25) is 9.59 Å². The minimum absolute atomic E-state index is 0.0524. The van der Waals surface area contributed by atoms with Crippen molar-refractivity contribution >= 4 is 21.8 Å². The molecule has 0 aromatic heterocycles. The number of benzene rings is 2. The molecule has 1 saturated heterocycles. The molecule has 2 fully saturated rings. The van der Waals surface area contributed by atoms with E-state index in [0.29, 0.717) is 18.8 Å². The fraction of sp³-hybridized carbons (Fsp3) is 0.500. The van der Waals surface area contributed by atoms with E-state index in [9.17, 15) is 26.8 Å². The molecule has 2 aromatic rings. The molecule has 0 spiro atoms. The van der Waals surface area contributed by atoms with Crippen LogP contribution < -0.4 is 10.6 Å². The lowest BCUT2D eigenvalue weighted by Crippen LogP contribution is -2.55. The first-order valence-electron chi connectivity index (χ1n) is 13.3. The van der Waals surface area contributed by atoms with Crippen molar-refractivity contribution in [1.29, 1.82) is 0 Å². The van der Waals surface area contributed by atoms with Gasteiger partial charge in [0.05, 0.1) is 6.26 Å². The summed E-state index contributed by atoms with van der Waals surface area (Å²) in [7, 11) is -3.33. The summed E-state index contributed by atoms with van der Waals surface area (Å²) >= 11 is 0. The smallest absolute Gasteiger partial charge is 0.251 e. The van der Waals surface area contributed by atoms with Crippen LogP contribution in [0.2, 0.25) is 0 Å². The molecule has 3 unspecified atom stereocenters. The molecule has 2 aromatic carbocycles. The molecule has 0 bridgehead atoms. The Hall–Kier alpha value is -2.89. The quantitative estimate of drug-likeness (QED) is 0.411. The van der Waals surface area contributed by atoms with Crippen LogP contribution in [0.3, 0.4) is 0 Å². The van der Waals surface area contributed by atoms with Gasteiger partial charge in [0, 0.05) is 43.2 Å². The van der Waals surface area contributed by atoms with E-state index in [1.807, 2.05) is 12.1 Å². The number of halogens is 2. The Morgan fingerprint density at radius 2 is 1.56 bits per heavy atom. The van der Waals surface area contributed by atoms with E-state index < -0.39 is 27.8 Å². The first-order chi connectivity index (χ1) is 18.5. The van der Waals surface area contributed by atoms with Crippen LogP contribution in [-0.4, -0.2) is 80.0 Å². The second-order valence-corrected chi connectivity index (χ2v) is 12.7. The summed E-state index contributed by atoms with van der Waals surface area (Å²) in [6, 6.07) is 10.9. The Kier molecular flexibility index (Phi) is 9.03. The van der Waals surface area contributed by atoms with Crippen LogP contribution in [0.5, 0.6) is 0 Å². The van der Waals surface area contributed by atoms with E-state index in [0.717, 1.165) is 31.2 Å². The van der Waals surface area contributed by atoms with Gasteiger partial charge in [0.1, 0.15) is 17.7 Å². The van der Waals surface area contributed by atoms with Gasteiger partial charge in [-0.25, -0.2) is 17.2 Å². The lowest BCUT2D eigenvalue weighted by atomic mass is 10.1. The molecule has 39 heavy (non-hydrogen) atoms. The van der Waals surface area contributed by atoms with Crippen molar-refractivity contribution in [3.8, 4) is 0 Å². The number of piperazine rings is 1. The third kappa shape index (κ3) is 7.61. The van der Waals surface area contributed by atoms with Gasteiger partial charge >= 0.3 is 0 Å². The van der Waals surface area contributed by atoms with Gasteiger partial charge in [-0.2, -0.15) is 4.31 Å². The fourth-order valence-electron chi connectivity index (χ4n) is 5.15. The Bertz CT molecular complexity index is 1270. The molecule has 2 aliphatic rings. The van der Waals surface area contributed by atoms with Crippen molar-refractivity contribution in [2.24, 2.45) is 0 Å². The molecule has 2 N–H and O–H groups in total. The molecule has 1 heterocycles. The number of carbonyl (C=O) groups is 2. The third-order valence-corrected chi connectivity index (χ3v) is 8.99. The number of nitrogens with zero attached hydrogens (tertiary/aromatic N) is 2. The molecule has 2 amide bonds. The maximum absolute atomic E-state index is 13.4. The van der Waals surface area contributed by atoms with Crippen molar-refractivity contribution < 1.29 is 26.8 Å². The summed E-state index contributed by atoms with van der Waals surface area (Å²) in [4.78, 5) is 27.8. The second kappa shape index (κ2) is 12.1. The van der Waals surface area contributed by atoms with Gasteiger partial charge < -0.3 is 15.5 Å².